The second-order valence-electron chi connectivity index (χ2n) is 5.65. The minimum atomic E-state index is -0.226. The van der Waals surface area contributed by atoms with E-state index in [1.54, 1.807) is 30.4 Å². The summed E-state index contributed by atoms with van der Waals surface area (Å²) in [7, 11) is 0. The molecule has 0 spiro atoms. The first-order chi connectivity index (χ1) is 12.8. The summed E-state index contributed by atoms with van der Waals surface area (Å²) in [5, 5.41) is 13.4. The van der Waals surface area contributed by atoms with Gasteiger partial charge in [0.2, 0.25) is 0 Å². The second-order valence-corrected chi connectivity index (χ2v) is 6.62. The van der Waals surface area contributed by atoms with Crippen LogP contribution in [0.1, 0.15) is 16.1 Å². The number of carbonyl (C=O) groups is 1. The van der Waals surface area contributed by atoms with Gasteiger partial charge in [-0.05, 0) is 29.1 Å². The van der Waals surface area contributed by atoms with Gasteiger partial charge in [0.15, 0.2) is 5.16 Å². The number of anilines is 1. The van der Waals surface area contributed by atoms with Gasteiger partial charge in [0.25, 0.3) is 5.91 Å². The molecule has 0 saturated carbocycles. The van der Waals surface area contributed by atoms with Crippen molar-refractivity contribution in [3.05, 3.63) is 78.4 Å². The Hall–Kier alpha value is -3.19. The summed E-state index contributed by atoms with van der Waals surface area (Å²) in [5.74, 6) is 0.503. The fraction of sp³-hybridized carbons (Fsp3) is 0.0526. The molecular weight excluding hydrogens is 346 g/mol. The van der Waals surface area contributed by atoms with Crippen molar-refractivity contribution < 1.29 is 4.79 Å². The molecule has 4 rings (SSSR count). The average Bonchev–Trinajstić information content (AvgIpc) is 3.20. The lowest BCUT2D eigenvalue weighted by Crippen LogP contribution is -2.13. The van der Waals surface area contributed by atoms with Crippen molar-refractivity contribution in [1.29, 1.82) is 0 Å². The number of fused-ring (bicyclic) bond motifs is 1. The Kier molecular flexibility index (Phi) is 4.61. The van der Waals surface area contributed by atoms with Crippen molar-refractivity contribution in [3.8, 4) is 0 Å². The summed E-state index contributed by atoms with van der Waals surface area (Å²) in [4.78, 5) is 19.7. The molecule has 2 aromatic heterocycles. The topological polar surface area (TPSA) is 83.6 Å². The van der Waals surface area contributed by atoms with E-state index in [0.29, 0.717) is 5.69 Å². The Morgan fingerprint density at radius 2 is 1.96 bits per heavy atom. The van der Waals surface area contributed by atoms with Crippen molar-refractivity contribution in [1.82, 2.24) is 20.2 Å². The lowest BCUT2D eigenvalue weighted by molar-refractivity contribution is 0.102. The van der Waals surface area contributed by atoms with Gasteiger partial charge in [-0.25, -0.2) is 0 Å². The van der Waals surface area contributed by atoms with E-state index in [4.69, 9.17) is 0 Å². The van der Waals surface area contributed by atoms with Gasteiger partial charge in [0, 0.05) is 23.0 Å². The molecule has 1 amide bonds. The number of H-pyrrole nitrogens is 1. The number of aromatic amines is 1. The molecule has 128 valence electrons. The number of amides is 1. The first-order valence-electron chi connectivity index (χ1n) is 8.02. The van der Waals surface area contributed by atoms with Crippen molar-refractivity contribution in [2.45, 2.75) is 10.9 Å². The van der Waals surface area contributed by atoms with Crippen molar-refractivity contribution in [2.24, 2.45) is 0 Å². The Bertz CT molecular complexity index is 1050. The van der Waals surface area contributed by atoms with Crippen LogP contribution in [0.15, 0.2) is 72.3 Å². The van der Waals surface area contributed by atoms with Gasteiger partial charge in [0.1, 0.15) is 12.0 Å². The first-order valence-corrected chi connectivity index (χ1v) is 9.00. The second kappa shape index (κ2) is 7.37. The molecule has 4 aromatic rings. The Morgan fingerprint density at radius 1 is 1.08 bits per heavy atom. The molecule has 7 heteroatoms. The molecule has 0 bridgehead atoms. The quantitative estimate of drug-likeness (QED) is 0.527. The maximum absolute atomic E-state index is 12.5. The Morgan fingerprint density at radius 3 is 2.81 bits per heavy atom. The van der Waals surface area contributed by atoms with Crippen LogP contribution < -0.4 is 5.32 Å². The summed E-state index contributed by atoms with van der Waals surface area (Å²) >= 11 is 1.55. The smallest absolute Gasteiger partial charge is 0.274 e. The molecule has 0 fully saturated rings. The zero-order chi connectivity index (χ0) is 17.8. The molecule has 26 heavy (non-hydrogen) atoms. The Balaban J connectivity index is 1.47. The third-order valence-corrected chi connectivity index (χ3v) is 4.77. The van der Waals surface area contributed by atoms with Crippen molar-refractivity contribution in [3.63, 3.8) is 0 Å². The van der Waals surface area contributed by atoms with Crippen molar-refractivity contribution >= 4 is 34.1 Å². The van der Waals surface area contributed by atoms with Crippen LogP contribution in [0.3, 0.4) is 0 Å². The van der Waals surface area contributed by atoms with Crippen LogP contribution in [0.5, 0.6) is 0 Å². The van der Waals surface area contributed by atoms with Gasteiger partial charge in [-0.15, -0.1) is 10.2 Å². The number of pyridine rings is 1. The van der Waals surface area contributed by atoms with Crippen LogP contribution in [0.25, 0.3) is 10.8 Å². The van der Waals surface area contributed by atoms with Gasteiger partial charge in [-0.3, -0.25) is 9.78 Å². The number of rotatable bonds is 5. The fourth-order valence-corrected chi connectivity index (χ4v) is 3.28. The molecule has 0 unspecified atom stereocenters. The van der Waals surface area contributed by atoms with Crippen LogP contribution in [-0.2, 0) is 5.75 Å². The predicted octanol–water partition coefficient (Wildman–Crippen LogP) is 3.90. The minimum absolute atomic E-state index is 0.226. The summed E-state index contributed by atoms with van der Waals surface area (Å²) in [6, 6.07) is 17.4. The number of nitrogens with one attached hydrogen (secondary N) is 2. The highest BCUT2D eigenvalue weighted by atomic mass is 32.2. The number of hydrogen-bond acceptors (Lipinski definition) is 5. The Labute approximate surface area is 154 Å². The molecule has 0 radical (unpaired) electrons. The van der Waals surface area contributed by atoms with Gasteiger partial charge < -0.3 is 10.3 Å². The molecule has 0 aliphatic rings. The number of hydrogen-bond donors (Lipinski definition) is 2. The highest BCUT2D eigenvalue weighted by Gasteiger charge is 2.09. The molecule has 0 aliphatic heterocycles. The summed E-state index contributed by atoms with van der Waals surface area (Å²) in [5.41, 5.74) is 2.21. The molecule has 6 nitrogen and oxygen atoms in total. The van der Waals surface area contributed by atoms with E-state index in [2.05, 4.69) is 25.5 Å². The minimum Gasteiger partial charge on any atom is -0.323 e. The van der Waals surface area contributed by atoms with Crippen LogP contribution in [-0.4, -0.2) is 26.1 Å². The van der Waals surface area contributed by atoms with E-state index in [1.807, 2.05) is 48.5 Å². The fourth-order valence-electron chi connectivity index (χ4n) is 2.56. The summed E-state index contributed by atoms with van der Waals surface area (Å²) in [6.07, 6.45) is 3.27. The van der Waals surface area contributed by atoms with E-state index in [9.17, 15) is 4.79 Å². The lowest BCUT2D eigenvalue weighted by Gasteiger charge is -2.07. The number of aromatic nitrogens is 4. The number of carbonyl (C=O) groups excluding carboxylic acids is 1. The summed E-state index contributed by atoms with van der Waals surface area (Å²) < 4.78 is 0. The number of benzene rings is 2. The standard InChI is InChI=1S/C19H15N5OS/c25-18(17-9-14-5-1-2-6-15(14)10-20-17)23-16-7-3-4-13(8-16)11-26-19-21-12-22-24-19/h1-10,12H,11H2,(H,23,25)(H,21,22,24). The number of nitrogens with zero attached hydrogens (tertiary/aromatic N) is 3. The monoisotopic (exact) mass is 361 g/mol. The van der Waals surface area contributed by atoms with Crippen LogP contribution >= 0.6 is 11.8 Å². The van der Waals surface area contributed by atoms with Gasteiger partial charge in [-0.2, -0.15) is 0 Å². The average molecular weight is 361 g/mol. The highest BCUT2D eigenvalue weighted by Crippen LogP contribution is 2.21. The predicted molar refractivity (Wildman–Crippen MR) is 102 cm³/mol. The molecule has 2 heterocycles. The molecule has 2 aromatic carbocycles. The van der Waals surface area contributed by atoms with E-state index >= 15 is 0 Å². The SMILES string of the molecule is O=C(Nc1cccc(CSc2nnc[nH]2)c1)c1cc2ccccc2cn1. The summed E-state index contributed by atoms with van der Waals surface area (Å²) in [6.45, 7) is 0. The van der Waals surface area contributed by atoms with E-state index in [0.717, 1.165) is 32.9 Å². The third-order valence-electron chi connectivity index (χ3n) is 3.82. The molecule has 2 N–H and O–H groups in total. The number of thioether (sulfide) groups is 1. The third kappa shape index (κ3) is 3.73. The van der Waals surface area contributed by atoms with Gasteiger partial charge >= 0.3 is 0 Å². The maximum Gasteiger partial charge on any atom is 0.274 e. The van der Waals surface area contributed by atoms with Crippen LogP contribution in [0.2, 0.25) is 0 Å². The lowest BCUT2D eigenvalue weighted by atomic mass is 10.1. The largest absolute Gasteiger partial charge is 0.323 e. The maximum atomic E-state index is 12.5. The molecule has 0 saturated heterocycles. The molecular formula is C19H15N5OS. The zero-order valence-corrected chi connectivity index (χ0v) is 14.5. The normalized spacial score (nSPS) is 10.8. The van der Waals surface area contributed by atoms with E-state index < -0.39 is 0 Å². The highest BCUT2D eigenvalue weighted by molar-refractivity contribution is 7.98. The zero-order valence-electron chi connectivity index (χ0n) is 13.7. The van der Waals surface area contributed by atoms with Gasteiger partial charge in [-0.1, -0.05) is 48.2 Å². The van der Waals surface area contributed by atoms with Crippen LogP contribution in [0, 0.1) is 0 Å². The van der Waals surface area contributed by atoms with E-state index in [1.165, 1.54) is 0 Å². The molecule has 0 atom stereocenters. The van der Waals surface area contributed by atoms with Crippen LogP contribution in [0.4, 0.5) is 5.69 Å². The molecule has 0 aliphatic carbocycles. The first kappa shape index (κ1) is 16.3. The van der Waals surface area contributed by atoms with Gasteiger partial charge in [0.05, 0.1) is 0 Å². The van der Waals surface area contributed by atoms with E-state index in [-0.39, 0.29) is 5.91 Å². The van der Waals surface area contributed by atoms with Crippen molar-refractivity contribution in [2.75, 3.05) is 5.32 Å².